The van der Waals surface area contributed by atoms with Crippen molar-refractivity contribution < 1.29 is 8.42 Å². The third-order valence-electron chi connectivity index (χ3n) is 3.86. The van der Waals surface area contributed by atoms with Gasteiger partial charge in [-0.1, -0.05) is 13.8 Å². The maximum absolute atomic E-state index is 12.1. The van der Waals surface area contributed by atoms with Gasteiger partial charge in [0.15, 0.2) is 0 Å². The lowest BCUT2D eigenvalue weighted by atomic mass is 9.98. The fourth-order valence-corrected chi connectivity index (χ4v) is 4.39. The molecule has 18 heavy (non-hydrogen) atoms. The first kappa shape index (κ1) is 14.3. The summed E-state index contributed by atoms with van der Waals surface area (Å²) >= 11 is 0. The lowest BCUT2D eigenvalue weighted by molar-refractivity contribution is 0.265. The van der Waals surface area contributed by atoms with E-state index in [2.05, 4.69) is 19.2 Å². The van der Waals surface area contributed by atoms with Crippen molar-refractivity contribution in [3.8, 4) is 0 Å². The molecular weight excluding hydrogens is 248 g/mol. The van der Waals surface area contributed by atoms with Gasteiger partial charge >= 0.3 is 0 Å². The first-order chi connectivity index (χ1) is 8.50. The molecular formula is C13H26N2O2S. The maximum atomic E-state index is 12.1. The van der Waals surface area contributed by atoms with Gasteiger partial charge < -0.3 is 5.32 Å². The van der Waals surface area contributed by atoms with Crippen molar-refractivity contribution in [3.63, 3.8) is 0 Å². The van der Waals surface area contributed by atoms with Crippen LogP contribution in [0.25, 0.3) is 0 Å². The average Bonchev–Trinajstić information content (AvgIpc) is 3.13. The highest BCUT2D eigenvalue weighted by atomic mass is 32.2. The van der Waals surface area contributed by atoms with Gasteiger partial charge in [-0.15, -0.1) is 0 Å². The summed E-state index contributed by atoms with van der Waals surface area (Å²) in [5, 5.41) is 3.43. The second-order valence-corrected chi connectivity index (χ2v) is 8.35. The molecule has 0 aromatic rings. The Morgan fingerprint density at radius 3 is 2.28 bits per heavy atom. The highest BCUT2D eigenvalue weighted by molar-refractivity contribution is 7.90. The van der Waals surface area contributed by atoms with E-state index in [0.29, 0.717) is 11.8 Å². The predicted octanol–water partition coefficient (Wildman–Crippen LogP) is 1.44. The predicted molar refractivity (Wildman–Crippen MR) is 73.9 cm³/mol. The van der Waals surface area contributed by atoms with Gasteiger partial charge in [0.1, 0.15) is 0 Å². The fourth-order valence-electron chi connectivity index (χ4n) is 2.52. The summed E-state index contributed by atoms with van der Waals surface area (Å²) in [4.78, 5) is 0. The molecule has 0 spiro atoms. The molecule has 0 aromatic heterocycles. The summed E-state index contributed by atoms with van der Waals surface area (Å²) in [6, 6.07) is 0. The Balaban J connectivity index is 1.71. The Morgan fingerprint density at radius 1 is 1.17 bits per heavy atom. The molecule has 106 valence electrons. The van der Waals surface area contributed by atoms with Gasteiger partial charge in [0.25, 0.3) is 0 Å². The standard InChI is InChI=1S/C13H26N2O2S/c1-11(2)9-14-10-12-5-7-15(8-6-12)18(16,17)13-3-4-13/h11-14H,3-10H2,1-2H3. The van der Waals surface area contributed by atoms with E-state index >= 15 is 0 Å². The van der Waals surface area contributed by atoms with Crippen molar-refractivity contribution in [2.45, 2.75) is 44.8 Å². The normalized spacial score (nSPS) is 23.7. The zero-order valence-electron chi connectivity index (χ0n) is 11.6. The molecule has 2 aliphatic rings. The molecule has 0 aromatic carbocycles. The van der Waals surface area contributed by atoms with Crippen LogP contribution < -0.4 is 5.32 Å². The molecule has 1 N–H and O–H groups in total. The highest BCUT2D eigenvalue weighted by Crippen LogP contribution is 2.32. The molecule has 0 unspecified atom stereocenters. The molecule has 0 amide bonds. The van der Waals surface area contributed by atoms with Crippen molar-refractivity contribution in [2.75, 3.05) is 26.2 Å². The van der Waals surface area contributed by atoms with Gasteiger partial charge in [-0.3, -0.25) is 0 Å². The van der Waals surface area contributed by atoms with Crippen LogP contribution in [0.4, 0.5) is 0 Å². The van der Waals surface area contributed by atoms with Gasteiger partial charge in [-0.05, 0) is 50.6 Å². The second kappa shape index (κ2) is 5.88. The van der Waals surface area contributed by atoms with E-state index in [0.717, 1.165) is 51.9 Å². The van der Waals surface area contributed by atoms with Crippen LogP contribution >= 0.6 is 0 Å². The molecule has 1 heterocycles. The molecule has 1 saturated heterocycles. The third kappa shape index (κ3) is 3.68. The van der Waals surface area contributed by atoms with Gasteiger partial charge in [0, 0.05) is 13.1 Å². The van der Waals surface area contributed by atoms with Crippen molar-refractivity contribution in [1.29, 1.82) is 0 Å². The smallest absolute Gasteiger partial charge is 0.216 e. The Hall–Kier alpha value is -0.130. The van der Waals surface area contributed by atoms with Crippen LogP contribution in [0.1, 0.15) is 39.5 Å². The molecule has 2 fully saturated rings. The SMILES string of the molecule is CC(C)CNCC1CCN(S(=O)(=O)C2CC2)CC1. The fraction of sp³-hybridized carbons (Fsp3) is 1.00. The highest BCUT2D eigenvalue weighted by Gasteiger charge is 2.40. The van der Waals surface area contributed by atoms with E-state index in [-0.39, 0.29) is 5.25 Å². The van der Waals surface area contributed by atoms with Crippen molar-refractivity contribution in [1.82, 2.24) is 9.62 Å². The Bertz CT molecular complexity index is 355. The molecule has 5 heteroatoms. The molecule has 2 rings (SSSR count). The quantitative estimate of drug-likeness (QED) is 0.797. The third-order valence-corrected chi connectivity index (χ3v) is 6.26. The average molecular weight is 274 g/mol. The zero-order chi connectivity index (χ0) is 13.2. The zero-order valence-corrected chi connectivity index (χ0v) is 12.4. The molecule has 0 atom stereocenters. The van der Waals surface area contributed by atoms with E-state index in [1.54, 1.807) is 4.31 Å². The van der Waals surface area contributed by atoms with E-state index in [1.807, 2.05) is 0 Å². The van der Waals surface area contributed by atoms with Gasteiger partial charge in [0.2, 0.25) is 10.0 Å². The topological polar surface area (TPSA) is 49.4 Å². The van der Waals surface area contributed by atoms with Crippen LogP contribution in [0.5, 0.6) is 0 Å². The van der Waals surface area contributed by atoms with Crippen LogP contribution in [0, 0.1) is 11.8 Å². The van der Waals surface area contributed by atoms with Crippen molar-refractivity contribution in [2.24, 2.45) is 11.8 Å². The monoisotopic (exact) mass is 274 g/mol. The largest absolute Gasteiger partial charge is 0.316 e. The van der Waals surface area contributed by atoms with Crippen LogP contribution in [0.15, 0.2) is 0 Å². The summed E-state index contributed by atoms with van der Waals surface area (Å²) in [5.74, 6) is 1.33. The molecule has 0 bridgehead atoms. The Kier molecular flexibility index (Phi) is 4.67. The molecule has 1 saturated carbocycles. The molecule has 1 aliphatic heterocycles. The summed E-state index contributed by atoms with van der Waals surface area (Å²) in [5.41, 5.74) is 0. The van der Waals surface area contributed by atoms with Gasteiger partial charge in [-0.2, -0.15) is 0 Å². The number of piperidine rings is 1. The number of sulfonamides is 1. The minimum Gasteiger partial charge on any atom is -0.316 e. The number of hydrogen-bond acceptors (Lipinski definition) is 3. The number of nitrogens with zero attached hydrogens (tertiary/aromatic N) is 1. The van der Waals surface area contributed by atoms with Gasteiger partial charge in [-0.25, -0.2) is 12.7 Å². The minimum atomic E-state index is -2.93. The Labute approximate surface area is 111 Å². The number of rotatable bonds is 6. The summed E-state index contributed by atoms with van der Waals surface area (Å²) < 4.78 is 25.9. The second-order valence-electron chi connectivity index (χ2n) is 6.14. The number of hydrogen-bond donors (Lipinski definition) is 1. The van der Waals surface area contributed by atoms with Gasteiger partial charge in [0.05, 0.1) is 5.25 Å². The first-order valence-corrected chi connectivity index (χ1v) is 8.70. The summed E-state index contributed by atoms with van der Waals surface area (Å²) in [7, 11) is -2.93. The molecule has 0 radical (unpaired) electrons. The van der Waals surface area contributed by atoms with Crippen LogP contribution in [0.3, 0.4) is 0 Å². The molecule has 1 aliphatic carbocycles. The first-order valence-electron chi connectivity index (χ1n) is 7.20. The summed E-state index contributed by atoms with van der Waals surface area (Å²) in [6.07, 6.45) is 3.77. The van der Waals surface area contributed by atoms with E-state index in [1.165, 1.54) is 0 Å². The van der Waals surface area contributed by atoms with E-state index in [4.69, 9.17) is 0 Å². The lowest BCUT2D eigenvalue weighted by Crippen LogP contribution is -2.42. The maximum Gasteiger partial charge on any atom is 0.216 e. The minimum absolute atomic E-state index is 0.0480. The number of nitrogens with one attached hydrogen (secondary N) is 1. The van der Waals surface area contributed by atoms with Crippen LogP contribution in [0.2, 0.25) is 0 Å². The lowest BCUT2D eigenvalue weighted by Gasteiger charge is -2.31. The molecule has 4 nitrogen and oxygen atoms in total. The summed E-state index contributed by atoms with van der Waals surface area (Å²) in [6.45, 7) is 7.96. The van der Waals surface area contributed by atoms with Crippen LogP contribution in [-0.2, 0) is 10.0 Å². The van der Waals surface area contributed by atoms with Crippen molar-refractivity contribution in [3.05, 3.63) is 0 Å². The van der Waals surface area contributed by atoms with E-state index in [9.17, 15) is 8.42 Å². The van der Waals surface area contributed by atoms with Crippen molar-refractivity contribution >= 4 is 10.0 Å². The van der Waals surface area contributed by atoms with E-state index < -0.39 is 10.0 Å². The Morgan fingerprint density at radius 2 is 1.78 bits per heavy atom. The van der Waals surface area contributed by atoms with Crippen LogP contribution in [-0.4, -0.2) is 44.2 Å².